The quantitative estimate of drug-likeness (QED) is 0.858. The molecule has 0 radical (unpaired) electrons. The molecule has 1 aromatic heterocycles. The Morgan fingerprint density at radius 2 is 2.20 bits per heavy atom. The van der Waals surface area contributed by atoms with Crippen molar-refractivity contribution >= 4 is 17.7 Å². The first-order chi connectivity index (χ1) is 12.0. The van der Waals surface area contributed by atoms with Crippen molar-refractivity contribution in [2.75, 3.05) is 25.5 Å². The van der Waals surface area contributed by atoms with Crippen molar-refractivity contribution in [3.63, 3.8) is 0 Å². The molecule has 0 aliphatic carbocycles. The fraction of sp³-hybridized carbons (Fsp3) is 0.375. The van der Waals surface area contributed by atoms with Gasteiger partial charge in [-0.2, -0.15) is 0 Å². The first-order valence-corrected chi connectivity index (χ1v) is 7.80. The summed E-state index contributed by atoms with van der Waals surface area (Å²) in [5.74, 6) is -1.00. The summed E-state index contributed by atoms with van der Waals surface area (Å²) in [6.45, 7) is 2.53. The number of methoxy groups -OCH3 is 1. The summed E-state index contributed by atoms with van der Waals surface area (Å²) < 4.78 is 20.1. The van der Waals surface area contributed by atoms with E-state index in [0.29, 0.717) is 25.1 Å². The molecular weight excluding hydrogens is 329 g/mol. The van der Waals surface area contributed by atoms with E-state index in [2.05, 4.69) is 20.4 Å². The lowest BCUT2D eigenvalue weighted by molar-refractivity contribution is 0.0594. The molecular formula is C16H18FN5O3. The SMILES string of the molecule is COC(=O)c1cn(C2CCN(C(=O)Nc3cccc(C)c3F)C2)nn1. The van der Waals surface area contributed by atoms with E-state index in [-0.39, 0.29) is 23.5 Å². The van der Waals surface area contributed by atoms with Gasteiger partial charge in [-0.25, -0.2) is 18.7 Å². The van der Waals surface area contributed by atoms with Crippen LogP contribution in [0.3, 0.4) is 0 Å². The second-order valence-electron chi connectivity index (χ2n) is 5.83. The van der Waals surface area contributed by atoms with Crippen LogP contribution < -0.4 is 5.32 Å². The normalized spacial score (nSPS) is 16.8. The Morgan fingerprint density at radius 1 is 1.40 bits per heavy atom. The number of halogens is 1. The van der Waals surface area contributed by atoms with Crippen molar-refractivity contribution in [3.05, 3.63) is 41.5 Å². The third-order valence-electron chi connectivity index (χ3n) is 4.16. The van der Waals surface area contributed by atoms with Crippen molar-refractivity contribution in [3.8, 4) is 0 Å². The number of rotatable bonds is 3. The van der Waals surface area contributed by atoms with E-state index in [9.17, 15) is 14.0 Å². The van der Waals surface area contributed by atoms with Gasteiger partial charge in [0.2, 0.25) is 0 Å². The summed E-state index contributed by atoms with van der Waals surface area (Å²) in [6, 6.07) is 4.37. The van der Waals surface area contributed by atoms with Crippen LogP contribution in [-0.2, 0) is 4.74 Å². The summed E-state index contributed by atoms with van der Waals surface area (Å²) in [5, 5.41) is 10.3. The molecule has 1 aliphatic rings. The topological polar surface area (TPSA) is 89.4 Å². The van der Waals surface area contributed by atoms with Crippen LogP contribution in [0.15, 0.2) is 24.4 Å². The Labute approximate surface area is 143 Å². The number of urea groups is 1. The molecule has 0 saturated carbocycles. The van der Waals surface area contributed by atoms with Crippen LogP contribution in [0.5, 0.6) is 0 Å². The van der Waals surface area contributed by atoms with Gasteiger partial charge in [-0.3, -0.25) is 0 Å². The van der Waals surface area contributed by atoms with Gasteiger partial charge in [-0.05, 0) is 25.0 Å². The maximum atomic E-state index is 14.0. The number of aryl methyl sites for hydroxylation is 1. The lowest BCUT2D eigenvalue weighted by Gasteiger charge is -2.18. The smallest absolute Gasteiger partial charge is 0.360 e. The number of esters is 1. The van der Waals surface area contributed by atoms with Gasteiger partial charge in [0, 0.05) is 13.1 Å². The largest absolute Gasteiger partial charge is 0.464 e. The molecule has 1 N–H and O–H groups in total. The fourth-order valence-corrected chi connectivity index (χ4v) is 2.73. The molecule has 2 aromatic rings. The van der Waals surface area contributed by atoms with Gasteiger partial charge >= 0.3 is 12.0 Å². The molecule has 1 atom stereocenters. The number of hydrogen-bond donors (Lipinski definition) is 1. The maximum absolute atomic E-state index is 14.0. The standard InChI is InChI=1S/C16H18FN5O3/c1-10-4-3-5-12(14(10)17)18-16(24)21-7-6-11(8-21)22-9-13(19-20-22)15(23)25-2/h3-5,9,11H,6-8H2,1-2H3,(H,18,24). The first kappa shape index (κ1) is 16.9. The minimum absolute atomic E-state index is 0.0981. The lowest BCUT2D eigenvalue weighted by atomic mass is 10.2. The number of carbonyl (C=O) groups is 2. The number of ether oxygens (including phenoxy) is 1. The van der Waals surface area contributed by atoms with E-state index in [1.165, 1.54) is 19.4 Å². The highest BCUT2D eigenvalue weighted by Crippen LogP contribution is 2.23. The Kier molecular flexibility index (Phi) is 4.64. The molecule has 2 heterocycles. The highest BCUT2D eigenvalue weighted by molar-refractivity contribution is 5.89. The number of carbonyl (C=O) groups excluding carboxylic acids is 2. The van der Waals surface area contributed by atoms with Crippen molar-refractivity contribution in [1.82, 2.24) is 19.9 Å². The molecule has 25 heavy (non-hydrogen) atoms. The molecule has 1 unspecified atom stereocenters. The average Bonchev–Trinajstić information content (AvgIpc) is 3.27. The van der Waals surface area contributed by atoms with Gasteiger partial charge < -0.3 is 15.0 Å². The van der Waals surface area contributed by atoms with Gasteiger partial charge in [0.05, 0.1) is 25.0 Å². The van der Waals surface area contributed by atoms with Crippen LogP contribution in [0.25, 0.3) is 0 Å². The second kappa shape index (κ2) is 6.88. The van der Waals surface area contributed by atoms with E-state index < -0.39 is 11.8 Å². The number of nitrogens with one attached hydrogen (secondary N) is 1. The second-order valence-corrected chi connectivity index (χ2v) is 5.83. The van der Waals surface area contributed by atoms with Crippen LogP contribution in [0.4, 0.5) is 14.9 Å². The van der Waals surface area contributed by atoms with Crippen molar-refractivity contribution in [2.45, 2.75) is 19.4 Å². The minimum atomic E-state index is -0.561. The third-order valence-corrected chi connectivity index (χ3v) is 4.16. The Bertz CT molecular complexity index is 807. The third kappa shape index (κ3) is 3.44. The number of aromatic nitrogens is 3. The van der Waals surface area contributed by atoms with Crippen LogP contribution in [-0.4, -0.2) is 52.1 Å². The molecule has 1 aliphatic heterocycles. The number of hydrogen-bond acceptors (Lipinski definition) is 5. The van der Waals surface area contributed by atoms with E-state index in [4.69, 9.17) is 0 Å². The van der Waals surface area contributed by atoms with Crippen LogP contribution in [0.2, 0.25) is 0 Å². The zero-order chi connectivity index (χ0) is 18.0. The minimum Gasteiger partial charge on any atom is -0.464 e. The summed E-state index contributed by atoms with van der Waals surface area (Å²) in [5.41, 5.74) is 0.740. The first-order valence-electron chi connectivity index (χ1n) is 7.80. The summed E-state index contributed by atoms with van der Waals surface area (Å²) in [7, 11) is 1.27. The van der Waals surface area contributed by atoms with E-state index in [0.717, 1.165) is 0 Å². The van der Waals surface area contributed by atoms with Crippen molar-refractivity contribution < 1.29 is 18.7 Å². The Morgan fingerprint density at radius 3 is 2.96 bits per heavy atom. The lowest BCUT2D eigenvalue weighted by Crippen LogP contribution is -2.33. The predicted molar refractivity (Wildman–Crippen MR) is 86.7 cm³/mol. The summed E-state index contributed by atoms with van der Waals surface area (Å²) in [6.07, 6.45) is 2.16. The molecule has 8 nitrogen and oxygen atoms in total. The Balaban J connectivity index is 1.64. The number of likely N-dealkylation sites (tertiary alicyclic amines) is 1. The molecule has 0 bridgehead atoms. The number of amides is 2. The van der Waals surface area contributed by atoms with Crippen LogP contribution >= 0.6 is 0 Å². The van der Waals surface area contributed by atoms with Crippen LogP contribution in [0, 0.1) is 12.7 Å². The van der Waals surface area contributed by atoms with E-state index in [1.807, 2.05) is 0 Å². The van der Waals surface area contributed by atoms with Crippen LogP contribution in [0.1, 0.15) is 28.5 Å². The number of nitrogens with zero attached hydrogens (tertiary/aromatic N) is 4. The summed E-state index contributed by atoms with van der Waals surface area (Å²) in [4.78, 5) is 25.3. The number of benzene rings is 1. The van der Waals surface area contributed by atoms with Crippen molar-refractivity contribution in [1.29, 1.82) is 0 Å². The van der Waals surface area contributed by atoms with Gasteiger partial charge in [-0.1, -0.05) is 17.3 Å². The fourth-order valence-electron chi connectivity index (χ4n) is 2.73. The predicted octanol–water partition coefficient (Wildman–Crippen LogP) is 1.99. The highest BCUT2D eigenvalue weighted by atomic mass is 19.1. The van der Waals surface area contributed by atoms with Crippen molar-refractivity contribution in [2.24, 2.45) is 0 Å². The molecule has 132 valence electrons. The van der Waals surface area contributed by atoms with E-state index >= 15 is 0 Å². The highest BCUT2D eigenvalue weighted by Gasteiger charge is 2.29. The molecule has 2 amide bonds. The molecule has 1 aromatic carbocycles. The molecule has 1 fully saturated rings. The zero-order valence-corrected chi connectivity index (χ0v) is 13.9. The summed E-state index contributed by atoms with van der Waals surface area (Å²) >= 11 is 0. The monoisotopic (exact) mass is 347 g/mol. The molecule has 0 spiro atoms. The molecule has 9 heteroatoms. The molecule has 1 saturated heterocycles. The maximum Gasteiger partial charge on any atom is 0.360 e. The molecule has 3 rings (SSSR count). The Hall–Kier alpha value is -2.97. The van der Waals surface area contributed by atoms with Gasteiger partial charge in [0.15, 0.2) is 5.69 Å². The van der Waals surface area contributed by atoms with E-state index in [1.54, 1.807) is 28.6 Å². The average molecular weight is 347 g/mol. The number of anilines is 1. The van der Waals surface area contributed by atoms with Gasteiger partial charge in [0.1, 0.15) is 5.82 Å². The van der Waals surface area contributed by atoms with Gasteiger partial charge in [0.25, 0.3) is 0 Å². The zero-order valence-electron chi connectivity index (χ0n) is 13.9. The van der Waals surface area contributed by atoms with Gasteiger partial charge in [-0.15, -0.1) is 5.10 Å².